The summed E-state index contributed by atoms with van der Waals surface area (Å²) in [5.74, 6) is 3.08. The molecule has 0 N–H and O–H groups in total. The molecule has 33 heavy (non-hydrogen) atoms. The predicted octanol–water partition coefficient (Wildman–Crippen LogP) is 10.6. The Bertz CT molecular complexity index is 584. The number of benzene rings is 1. The average Bonchev–Trinajstić information content (AvgIpc) is 2.83. The van der Waals surface area contributed by atoms with Crippen molar-refractivity contribution in [1.29, 1.82) is 0 Å². The fourth-order valence-corrected chi connectivity index (χ4v) is 5.66. The summed E-state index contributed by atoms with van der Waals surface area (Å²) in [6.07, 6.45) is 28.1. The van der Waals surface area contributed by atoms with Crippen LogP contribution in [0.3, 0.4) is 0 Å². The lowest BCUT2D eigenvalue weighted by Gasteiger charge is -2.28. The van der Waals surface area contributed by atoms with E-state index in [1.165, 1.54) is 140 Å². The van der Waals surface area contributed by atoms with Gasteiger partial charge >= 0.3 is 0 Å². The van der Waals surface area contributed by atoms with Gasteiger partial charge in [-0.05, 0) is 55.2 Å². The average molecular weight is 457 g/mol. The van der Waals surface area contributed by atoms with Gasteiger partial charge in [-0.2, -0.15) is 0 Å². The third kappa shape index (κ3) is 12.9. The van der Waals surface area contributed by atoms with Gasteiger partial charge in [0.15, 0.2) is 0 Å². The van der Waals surface area contributed by atoms with Gasteiger partial charge in [-0.15, -0.1) is 0 Å². The third-order valence-corrected chi connectivity index (χ3v) is 8.02. The molecule has 1 saturated carbocycles. The van der Waals surface area contributed by atoms with E-state index in [0.717, 1.165) is 24.2 Å². The highest BCUT2D eigenvalue weighted by Crippen LogP contribution is 2.34. The van der Waals surface area contributed by atoms with Gasteiger partial charge in [-0.1, -0.05) is 135 Å². The second kappa shape index (κ2) is 18.4. The van der Waals surface area contributed by atoms with Crippen LogP contribution < -0.4 is 4.74 Å². The third-order valence-electron chi connectivity index (χ3n) is 8.02. The Morgan fingerprint density at radius 1 is 0.667 bits per heavy atom. The molecule has 1 aliphatic rings. The number of hydrogen-bond donors (Lipinski definition) is 0. The van der Waals surface area contributed by atoms with E-state index < -0.39 is 0 Å². The molecular formula is C32H56O. The first-order chi connectivity index (χ1) is 16.2. The molecule has 0 bridgehead atoms. The molecule has 0 amide bonds. The quantitative estimate of drug-likeness (QED) is 0.188. The molecule has 0 saturated heterocycles. The molecule has 0 aromatic heterocycles. The van der Waals surface area contributed by atoms with Gasteiger partial charge in [-0.3, -0.25) is 0 Å². The van der Waals surface area contributed by atoms with Crippen molar-refractivity contribution >= 4 is 0 Å². The summed E-state index contributed by atoms with van der Waals surface area (Å²) >= 11 is 0. The van der Waals surface area contributed by atoms with E-state index in [0.29, 0.717) is 0 Å². The molecule has 0 unspecified atom stereocenters. The van der Waals surface area contributed by atoms with Gasteiger partial charge in [0, 0.05) is 0 Å². The van der Waals surface area contributed by atoms with E-state index >= 15 is 0 Å². The molecule has 1 fully saturated rings. The molecule has 0 heterocycles. The minimum atomic E-state index is 0.869. The van der Waals surface area contributed by atoms with E-state index in [1.807, 2.05) is 0 Å². The summed E-state index contributed by atoms with van der Waals surface area (Å²) in [7, 11) is 0. The van der Waals surface area contributed by atoms with Crippen molar-refractivity contribution in [2.45, 2.75) is 149 Å². The van der Waals surface area contributed by atoms with Crippen LogP contribution in [0.5, 0.6) is 5.75 Å². The lowest BCUT2D eigenvalue weighted by Crippen LogP contribution is -2.15. The Labute approximate surface area is 207 Å². The predicted molar refractivity (Wildman–Crippen MR) is 146 cm³/mol. The Hall–Kier alpha value is -0.980. The maximum atomic E-state index is 6.07. The number of aryl methyl sites for hydroxylation is 2. The van der Waals surface area contributed by atoms with Crippen molar-refractivity contribution in [3.63, 3.8) is 0 Å². The van der Waals surface area contributed by atoms with E-state index in [2.05, 4.69) is 39.0 Å². The monoisotopic (exact) mass is 456 g/mol. The molecule has 1 aromatic rings. The molecule has 1 aromatic carbocycles. The maximum absolute atomic E-state index is 6.07. The zero-order valence-corrected chi connectivity index (χ0v) is 22.6. The van der Waals surface area contributed by atoms with Crippen LogP contribution in [0.4, 0.5) is 0 Å². The fraction of sp³-hybridized carbons (Fsp3) is 0.812. The van der Waals surface area contributed by atoms with Crippen molar-refractivity contribution in [3.8, 4) is 5.75 Å². The first-order valence-electron chi connectivity index (χ1n) is 14.9. The lowest BCUT2D eigenvalue weighted by molar-refractivity contribution is 0.248. The smallest absolute Gasteiger partial charge is 0.122 e. The molecule has 0 aliphatic heterocycles. The van der Waals surface area contributed by atoms with Gasteiger partial charge in [0.2, 0.25) is 0 Å². The van der Waals surface area contributed by atoms with Crippen LogP contribution >= 0.6 is 0 Å². The molecule has 2 rings (SSSR count). The number of ether oxygens (including phenoxy) is 1. The highest BCUT2D eigenvalue weighted by molar-refractivity contribution is 5.36. The van der Waals surface area contributed by atoms with Crippen LogP contribution in [0.2, 0.25) is 0 Å². The second-order valence-corrected chi connectivity index (χ2v) is 11.1. The van der Waals surface area contributed by atoms with Crippen LogP contribution in [-0.4, -0.2) is 6.61 Å². The first kappa shape index (κ1) is 28.3. The van der Waals surface area contributed by atoms with Gasteiger partial charge < -0.3 is 4.74 Å². The standard InChI is InChI=1S/C32H56O/c1-4-6-8-10-12-13-15-17-29-18-20-30(21-19-29)22-23-31-24-25-32(28(3)27-31)33-26-16-14-11-9-7-5-2/h24-25,27,29-30H,4-23,26H2,1-3H3. The number of rotatable bonds is 19. The van der Waals surface area contributed by atoms with Gasteiger partial charge in [0.1, 0.15) is 5.75 Å². The van der Waals surface area contributed by atoms with Crippen LogP contribution in [-0.2, 0) is 6.42 Å². The summed E-state index contributed by atoms with van der Waals surface area (Å²) in [6.45, 7) is 7.67. The second-order valence-electron chi connectivity index (χ2n) is 11.1. The van der Waals surface area contributed by atoms with Crippen LogP contribution in [0.15, 0.2) is 18.2 Å². The largest absolute Gasteiger partial charge is 0.493 e. The minimum Gasteiger partial charge on any atom is -0.493 e. The molecule has 0 atom stereocenters. The normalized spacial score (nSPS) is 18.5. The Kier molecular flexibility index (Phi) is 15.7. The van der Waals surface area contributed by atoms with Crippen molar-refractivity contribution in [2.24, 2.45) is 11.8 Å². The molecule has 1 aliphatic carbocycles. The molecule has 1 nitrogen and oxygen atoms in total. The Morgan fingerprint density at radius 2 is 1.21 bits per heavy atom. The van der Waals surface area contributed by atoms with Crippen molar-refractivity contribution in [2.75, 3.05) is 6.61 Å². The molecule has 190 valence electrons. The van der Waals surface area contributed by atoms with Crippen molar-refractivity contribution in [3.05, 3.63) is 29.3 Å². The molecular weight excluding hydrogens is 400 g/mol. The highest BCUT2D eigenvalue weighted by Gasteiger charge is 2.20. The summed E-state index contributed by atoms with van der Waals surface area (Å²) in [4.78, 5) is 0. The van der Waals surface area contributed by atoms with E-state index in [9.17, 15) is 0 Å². The van der Waals surface area contributed by atoms with Gasteiger partial charge in [-0.25, -0.2) is 0 Å². The van der Waals surface area contributed by atoms with Gasteiger partial charge in [0.05, 0.1) is 6.61 Å². The van der Waals surface area contributed by atoms with Crippen LogP contribution in [0.1, 0.15) is 147 Å². The van der Waals surface area contributed by atoms with Gasteiger partial charge in [0.25, 0.3) is 0 Å². The maximum Gasteiger partial charge on any atom is 0.122 e. The highest BCUT2D eigenvalue weighted by atomic mass is 16.5. The summed E-state index contributed by atoms with van der Waals surface area (Å²) in [5.41, 5.74) is 2.82. The zero-order valence-electron chi connectivity index (χ0n) is 22.6. The van der Waals surface area contributed by atoms with E-state index in [-0.39, 0.29) is 0 Å². The first-order valence-corrected chi connectivity index (χ1v) is 14.9. The molecule has 0 radical (unpaired) electrons. The topological polar surface area (TPSA) is 9.23 Å². The Morgan fingerprint density at radius 3 is 1.82 bits per heavy atom. The number of hydrogen-bond acceptors (Lipinski definition) is 1. The van der Waals surface area contributed by atoms with E-state index in [1.54, 1.807) is 0 Å². The fourth-order valence-electron chi connectivity index (χ4n) is 5.66. The summed E-state index contributed by atoms with van der Waals surface area (Å²) in [6, 6.07) is 6.92. The Balaban J connectivity index is 1.54. The minimum absolute atomic E-state index is 0.869. The zero-order chi connectivity index (χ0) is 23.6. The molecule has 1 heteroatoms. The van der Waals surface area contributed by atoms with Crippen LogP contribution in [0, 0.1) is 18.8 Å². The van der Waals surface area contributed by atoms with Crippen molar-refractivity contribution in [1.82, 2.24) is 0 Å². The summed E-state index contributed by atoms with van der Waals surface area (Å²) in [5, 5.41) is 0. The van der Waals surface area contributed by atoms with Crippen molar-refractivity contribution < 1.29 is 4.74 Å². The lowest BCUT2D eigenvalue weighted by atomic mass is 9.77. The SMILES string of the molecule is CCCCCCCCCC1CCC(CCc2ccc(OCCCCCCCC)c(C)c2)CC1. The molecule has 0 spiro atoms. The summed E-state index contributed by atoms with van der Waals surface area (Å²) < 4.78 is 6.07. The number of unbranched alkanes of at least 4 members (excludes halogenated alkanes) is 11. The van der Waals surface area contributed by atoms with E-state index in [4.69, 9.17) is 4.74 Å². The van der Waals surface area contributed by atoms with Crippen LogP contribution in [0.25, 0.3) is 0 Å².